The first-order valence-corrected chi connectivity index (χ1v) is 11.1. The summed E-state index contributed by atoms with van der Waals surface area (Å²) in [6.45, 7) is 1.01. The number of anilines is 1. The Hall–Kier alpha value is -1.98. The van der Waals surface area contributed by atoms with E-state index >= 15 is 0 Å². The zero-order valence-corrected chi connectivity index (χ0v) is 17.7. The molecule has 2 aliphatic rings. The molecule has 0 radical (unpaired) electrons. The molecule has 31 heavy (non-hydrogen) atoms. The molecule has 3 heterocycles. The highest BCUT2D eigenvalue weighted by Crippen LogP contribution is 2.29. The third-order valence-electron chi connectivity index (χ3n) is 5.49. The van der Waals surface area contributed by atoms with Crippen LogP contribution in [0.15, 0.2) is 29.8 Å². The summed E-state index contributed by atoms with van der Waals surface area (Å²) in [6, 6.07) is 3.34. The number of halogens is 2. The number of ether oxygens (including phenoxy) is 2. The average Bonchev–Trinajstić information content (AvgIpc) is 3.18. The number of benzene rings is 1. The van der Waals surface area contributed by atoms with E-state index in [2.05, 4.69) is 10.3 Å². The van der Waals surface area contributed by atoms with Crippen molar-refractivity contribution in [2.45, 2.75) is 50.2 Å². The number of β-amino-alcohol motifs (C(OH)–C–C–N with tert-alkyl or cyclic N) is 1. The van der Waals surface area contributed by atoms with Crippen LogP contribution in [0, 0.1) is 11.6 Å². The van der Waals surface area contributed by atoms with Crippen molar-refractivity contribution in [2.24, 2.45) is 0 Å². The van der Waals surface area contributed by atoms with Gasteiger partial charge in [-0.1, -0.05) is 0 Å². The van der Waals surface area contributed by atoms with E-state index in [0.717, 1.165) is 6.07 Å². The fourth-order valence-corrected chi connectivity index (χ4v) is 4.77. The van der Waals surface area contributed by atoms with Gasteiger partial charge in [-0.2, -0.15) is 0 Å². The molecule has 0 aliphatic carbocycles. The maximum absolute atomic E-state index is 13.7. The number of rotatable bonds is 5. The van der Waals surface area contributed by atoms with Gasteiger partial charge in [-0.15, -0.1) is 11.3 Å². The van der Waals surface area contributed by atoms with Crippen molar-refractivity contribution >= 4 is 22.4 Å². The van der Waals surface area contributed by atoms with Crippen LogP contribution in [0.25, 0.3) is 0 Å². The molecule has 2 saturated heterocycles. The number of aliphatic hydroxyl groups is 1. The fraction of sp³-hybridized carbons (Fsp3) is 0.524. The molecule has 2 aromatic rings. The molecule has 1 aromatic heterocycles. The van der Waals surface area contributed by atoms with Crippen molar-refractivity contribution in [1.29, 1.82) is 0 Å². The number of amides is 1. The van der Waals surface area contributed by atoms with Crippen molar-refractivity contribution in [3.63, 3.8) is 0 Å². The van der Waals surface area contributed by atoms with Crippen LogP contribution in [0.5, 0.6) is 0 Å². The summed E-state index contributed by atoms with van der Waals surface area (Å²) < 4.78 is 39.1. The Kier molecular flexibility index (Phi) is 7.24. The molecule has 7 nitrogen and oxygen atoms in total. The topological polar surface area (TPSA) is 83.9 Å². The summed E-state index contributed by atoms with van der Waals surface area (Å²) >= 11 is 1.35. The molecule has 0 spiro atoms. The van der Waals surface area contributed by atoms with Gasteiger partial charge in [0.25, 0.3) is 0 Å². The van der Waals surface area contributed by atoms with Crippen LogP contribution in [-0.2, 0) is 20.8 Å². The lowest BCUT2D eigenvalue weighted by atomic mass is 9.94. The van der Waals surface area contributed by atoms with E-state index in [1.54, 1.807) is 11.6 Å². The highest BCUT2D eigenvalue weighted by Gasteiger charge is 2.38. The predicted octanol–water partition coefficient (Wildman–Crippen LogP) is 2.56. The van der Waals surface area contributed by atoms with E-state index in [4.69, 9.17) is 9.47 Å². The number of aromatic nitrogens is 1. The van der Waals surface area contributed by atoms with E-state index < -0.39 is 17.7 Å². The summed E-state index contributed by atoms with van der Waals surface area (Å²) in [5.74, 6) is -1.42. The van der Waals surface area contributed by atoms with Gasteiger partial charge < -0.3 is 19.9 Å². The Morgan fingerprint density at radius 2 is 2.06 bits per heavy atom. The van der Waals surface area contributed by atoms with Gasteiger partial charge in [0.1, 0.15) is 11.6 Å². The first-order valence-electron chi connectivity index (χ1n) is 10.3. The molecule has 2 fully saturated rings. The van der Waals surface area contributed by atoms with E-state index in [1.165, 1.54) is 23.5 Å². The van der Waals surface area contributed by atoms with Crippen molar-refractivity contribution in [1.82, 2.24) is 9.88 Å². The largest absolute Gasteiger partial charge is 0.389 e. The van der Waals surface area contributed by atoms with Crippen LogP contribution in [0.1, 0.15) is 24.8 Å². The number of carbonyl (C=O) groups is 1. The minimum atomic E-state index is -0.707. The minimum Gasteiger partial charge on any atom is -0.389 e. The van der Waals surface area contributed by atoms with Crippen molar-refractivity contribution < 1.29 is 28.2 Å². The molecule has 4 rings (SSSR count). The van der Waals surface area contributed by atoms with Crippen molar-refractivity contribution in [3.8, 4) is 0 Å². The molecular formula is C21H25F2N3O4S. The first-order chi connectivity index (χ1) is 15.0. The molecule has 2 aliphatic heterocycles. The Morgan fingerprint density at radius 3 is 2.81 bits per heavy atom. The van der Waals surface area contributed by atoms with Gasteiger partial charge in [0.05, 0.1) is 37.9 Å². The summed E-state index contributed by atoms with van der Waals surface area (Å²) in [6.07, 6.45) is 1.92. The monoisotopic (exact) mass is 453 g/mol. The van der Waals surface area contributed by atoms with Gasteiger partial charge in [-0.25, -0.2) is 13.8 Å². The van der Waals surface area contributed by atoms with E-state index in [9.17, 15) is 18.7 Å². The predicted molar refractivity (Wildman–Crippen MR) is 111 cm³/mol. The molecule has 0 unspecified atom stereocenters. The van der Waals surface area contributed by atoms with Gasteiger partial charge in [-0.05, 0) is 30.5 Å². The normalized spacial score (nSPS) is 27.2. The number of fused-ring (bicyclic) bond motifs is 1. The van der Waals surface area contributed by atoms with E-state index in [0.29, 0.717) is 30.1 Å². The number of hydrogen-bond donors (Lipinski definition) is 2. The van der Waals surface area contributed by atoms with Gasteiger partial charge in [0.2, 0.25) is 5.91 Å². The van der Waals surface area contributed by atoms with Crippen LogP contribution in [-0.4, -0.2) is 65.0 Å². The van der Waals surface area contributed by atoms with E-state index in [-0.39, 0.29) is 50.3 Å². The van der Waals surface area contributed by atoms with Gasteiger partial charge in [-0.3, -0.25) is 9.69 Å². The lowest BCUT2D eigenvalue weighted by Gasteiger charge is -2.44. The van der Waals surface area contributed by atoms with Crippen LogP contribution in [0.2, 0.25) is 0 Å². The highest BCUT2D eigenvalue weighted by atomic mass is 32.1. The molecule has 2 N–H and O–H groups in total. The summed E-state index contributed by atoms with van der Waals surface area (Å²) in [5.41, 5.74) is 0.495. The zero-order chi connectivity index (χ0) is 21.8. The Balaban J connectivity index is 1.42. The Morgan fingerprint density at radius 1 is 1.26 bits per heavy atom. The maximum atomic E-state index is 13.7. The standard InChI is InChI=1S/C21H25F2N3O4S/c22-14-5-13(6-15(23)7-14)9-26-10-16(27)11-29-12-19-18(26)2-1-17(30-19)8-20(28)25-21-24-3-4-31-21/h3-7,16-19,27H,1-2,8-12H2,(H,24,25,28)/t16-,17+,18+,19-/m0/s1. The van der Waals surface area contributed by atoms with Crippen LogP contribution >= 0.6 is 11.3 Å². The second-order valence-corrected chi connectivity index (χ2v) is 8.82. The number of nitrogens with zero attached hydrogens (tertiary/aromatic N) is 2. The minimum absolute atomic E-state index is 0.0976. The maximum Gasteiger partial charge on any atom is 0.228 e. The second-order valence-electron chi connectivity index (χ2n) is 7.93. The second kappa shape index (κ2) is 10.1. The summed E-state index contributed by atoms with van der Waals surface area (Å²) in [5, 5.41) is 15.3. The smallest absolute Gasteiger partial charge is 0.228 e. The summed E-state index contributed by atoms with van der Waals surface area (Å²) in [4.78, 5) is 18.4. The van der Waals surface area contributed by atoms with E-state index in [1.807, 2.05) is 4.90 Å². The number of thiazole rings is 1. The highest BCUT2D eigenvalue weighted by molar-refractivity contribution is 7.13. The van der Waals surface area contributed by atoms with Gasteiger partial charge in [0.15, 0.2) is 5.13 Å². The van der Waals surface area contributed by atoms with Crippen molar-refractivity contribution in [3.05, 3.63) is 47.0 Å². The Labute approximate surface area is 183 Å². The third-order valence-corrected chi connectivity index (χ3v) is 6.18. The molecule has 0 bridgehead atoms. The number of carbonyl (C=O) groups excluding carboxylic acids is 1. The lowest BCUT2D eigenvalue weighted by Crippen LogP contribution is -2.55. The quantitative estimate of drug-likeness (QED) is 0.724. The van der Waals surface area contributed by atoms with Gasteiger partial charge in [0, 0.05) is 36.8 Å². The fourth-order valence-electron chi connectivity index (χ4n) is 4.23. The number of hydrogen-bond acceptors (Lipinski definition) is 7. The van der Waals surface area contributed by atoms with Crippen LogP contribution in [0.4, 0.5) is 13.9 Å². The summed E-state index contributed by atoms with van der Waals surface area (Å²) in [7, 11) is 0. The average molecular weight is 454 g/mol. The first kappa shape index (κ1) is 22.2. The molecule has 0 saturated carbocycles. The van der Waals surface area contributed by atoms with Crippen LogP contribution in [0.3, 0.4) is 0 Å². The molecule has 10 heteroatoms. The van der Waals surface area contributed by atoms with Gasteiger partial charge >= 0.3 is 0 Å². The third kappa shape index (κ3) is 6.05. The molecule has 4 atom stereocenters. The molecular weight excluding hydrogens is 428 g/mol. The van der Waals surface area contributed by atoms with Crippen molar-refractivity contribution in [2.75, 3.05) is 25.1 Å². The Bertz CT molecular complexity index is 865. The zero-order valence-electron chi connectivity index (χ0n) is 16.9. The molecule has 1 amide bonds. The number of aliphatic hydroxyl groups excluding tert-OH is 1. The van der Waals surface area contributed by atoms with Crippen LogP contribution < -0.4 is 5.32 Å². The molecule has 1 aromatic carbocycles. The lowest BCUT2D eigenvalue weighted by molar-refractivity contribution is -0.156. The SMILES string of the molecule is O=C(C[C@H]1CC[C@@H]2[C@H](COC[C@@H](O)CN2Cc2cc(F)cc(F)c2)O1)Nc1nccs1. The molecule has 168 valence electrons. The number of nitrogens with one attached hydrogen (secondary N) is 1.